The van der Waals surface area contributed by atoms with E-state index in [1.807, 2.05) is 42.5 Å². The summed E-state index contributed by atoms with van der Waals surface area (Å²) in [6.07, 6.45) is 0. The van der Waals surface area contributed by atoms with Crippen molar-refractivity contribution in [3.63, 3.8) is 0 Å². The van der Waals surface area contributed by atoms with Crippen LogP contribution in [-0.2, 0) is 0 Å². The summed E-state index contributed by atoms with van der Waals surface area (Å²) < 4.78 is 3.03. The number of fused-ring (bicyclic) bond motifs is 3. The summed E-state index contributed by atoms with van der Waals surface area (Å²) in [5, 5.41) is 3.87. The summed E-state index contributed by atoms with van der Waals surface area (Å²) in [4.78, 5) is 12.7. The molecule has 96 valence electrons. The molecule has 0 bridgehead atoms. The molecule has 3 heteroatoms. The zero-order valence-corrected chi connectivity index (χ0v) is 12.8. The molecular weight excluding hydrogens is 332 g/mol. The van der Waals surface area contributed by atoms with Crippen LogP contribution in [-0.4, -0.2) is 0 Å². The van der Waals surface area contributed by atoms with Crippen LogP contribution < -0.4 is 5.43 Å². The van der Waals surface area contributed by atoms with E-state index in [0.717, 1.165) is 30.0 Å². The minimum absolute atomic E-state index is 0.112. The molecule has 0 N–H and O–H groups in total. The van der Waals surface area contributed by atoms with E-state index in [-0.39, 0.29) is 5.43 Å². The summed E-state index contributed by atoms with van der Waals surface area (Å²) in [7, 11) is 0. The Bertz CT molecular complexity index is 1030. The molecule has 4 rings (SSSR count). The van der Waals surface area contributed by atoms with Gasteiger partial charge in [-0.2, -0.15) is 0 Å². The van der Waals surface area contributed by atoms with Gasteiger partial charge < -0.3 is 0 Å². The van der Waals surface area contributed by atoms with E-state index in [0.29, 0.717) is 0 Å². The number of benzene rings is 3. The summed E-state index contributed by atoms with van der Waals surface area (Å²) in [6.45, 7) is 0. The van der Waals surface area contributed by atoms with E-state index in [1.54, 1.807) is 11.3 Å². The maximum atomic E-state index is 12.7. The van der Waals surface area contributed by atoms with Gasteiger partial charge in [-0.05, 0) is 51.0 Å². The molecule has 0 unspecified atom stereocenters. The second kappa shape index (κ2) is 4.40. The quantitative estimate of drug-likeness (QED) is 0.395. The van der Waals surface area contributed by atoms with Crippen LogP contribution in [0.5, 0.6) is 0 Å². The van der Waals surface area contributed by atoms with Gasteiger partial charge in [-0.3, -0.25) is 4.79 Å². The minimum atomic E-state index is 0.112. The third-order valence-corrected chi connectivity index (χ3v) is 5.64. The molecule has 0 aliphatic rings. The van der Waals surface area contributed by atoms with Crippen LogP contribution in [0.25, 0.3) is 30.9 Å². The zero-order chi connectivity index (χ0) is 13.7. The molecule has 0 atom stereocenters. The Hall–Kier alpha value is -1.71. The molecule has 0 amide bonds. The van der Waals surface area contributed by atoms with Crippen molar-refractivity contribution < 1.29 is 0 Å². The van der Waals surface area contributed by atoms with Gasteiger partial charge in [-0.15, -0.1) is 11.3 Å². The molecule has 3 aromatic carbocycles. The normalized spacial score (nSPS) is 11.4. The molecule has 1 aromatic heterocycles. The highest BCUT2D eigenvalue weighted by Gasteiger charge is 2.09. The standard InChI is InChI=1S/C17H9BrOS/c18-14-7-3-6-12-16(19)13-8-10-4-1-2-5-11(10)9-15(13)20-17(12)14/h1-9H. The molecule has 4 aromatic rings. The Morgan fingerprint density at radius 2 is 1.60 bits per heavy atom. The lowest BCUT2D eigenvalue weighted by Crippen LogP contribution is -2.00. The van der Waals surface area contributed by atoms with Crippen molar-refractivity contribution in [1.82, 2.24) is 0 Å². The van der Waals surface area contributed by atoms with E-state index in [4.69, 9.17) is 0 Å². The highest BCUT2D eigenvalue weighted by atomic mass is 79.9. The third kappa shape index (κ3) is 1.70. The van der Waals surface area contributed by atoms with Crippen molar-refractivity contribution >= 4 is 58.2 Å². The van der Waals surface area contributed by atoms with Gasteiger partial charge in [0.1, 0.15) is 0 Å². The van der Waals surface area contributed by atoms with E-state index < -0.39 is 0 Å². The Kier molecular flexibility index (Phi) is 2.65. The smallest absolute Gasteiger partial charge is 0.195 e. The van der Waals surface area contributed by atoms with Crippen LogP contribution in [0.1, 0.15) is 0 Å². The molecule has 0 radical (unpaired) electrons. The first-order chi connectivity index (χ1) is 9.74. The van der Waals surface area contributed by atoms with E-state index >= 15 is 0 Å². The van der Waals surface area contributed by atoms with Crippen molar-refractivity contribution in [3.8, 4) is 0 Å². The van der Waals surface area contributed by atoms with Crippen molar-refractivity contribution in [1.29, 1.82) is 0 Å². The van der Waals surface area contributed by atoms with Gasteiger partial charge in [0.2, 0.25) is 0 Å². The molecule has 0 spiro atoms. The lowest BCUT2D eigenvalue weighted by molar-refractivity contribution is 1.73. The maximum absolute atomic E-state index is 12.7. The fraction of sp³-hybridized carbons (Fsp3) is 0. The van der Waals surface area contributed by atoms with Gasteiger partial charge in [-0.25, -0.2) is 0 Å². The first-order valence-electron chi connectivity index (χ1n) is 6.28. The summed E-state index contributed by atoms with van der Waals surface area (Å²) in [5.74, 6) is 0. The maximum Gasteiger partial charge on any atom is 0.195 e. The highest BCUT2D eigenvalue weighted by Crippen LogP contribution is 2.32. The molecule has 0 aliphatic carbocycles. The summed E-state index contributed by atoms with van der Waals surface area (Å²) >= 11 is 5.20. The second-order valence-electron chi connectivity index (χ2n) is 4.74. The lowest BCUT2D eigenvalue weighted by atomic mass is 10.1. The third-order valence-electron chi connectivity index (χ3n) is 3.52. The van der Waals surface area contributed by atoms with Gasteiger partial charge in [0.25, 0.3) is 0 Å². The van der Waals surface area contributed by atoms with Gasteiger partial charge in [0.15, 0.2) is 5.43 Å². The molecule has 0 fully saturated rings. The Balaban J connectivity index is 2.29. The molecule has 1 nitrogen and oxygen atoms in total. The monoisotopic (exact) mass is 340 g/mol. The van der Waals surface area contributed by atoms with E-state index in [2.05, 4.69) is 28.1 Å². The zero-order valence-electron chi connectivity index (χ0n) is 10.4. The van der Waals surface area contributed by atoms with Gasteiger partial charge in [0.05, 0.1) is 4.70 Å². The first-order valence-corrected chi connectivity index (χ1v) is 7.89. The van der Waals surface area contributed by atoms with Crippen LogP contribution in [0.4, 0.5) is 0 Å². The number of rotatable bonds is 0. The number of halogens is 1. The largest absolute Gasteiger partial charge is 0.289 e. The van der Waals surface area contributed by atoms with Gasteiger partial charge >= 0.3 is 0 Å². The SMILES string of the molecule is O=c1c2cc3ccccc3cc2sc2c(Br)cccc12. The van der Waals surface area contributed by atoms with Crippen LogP contribution in [0.15, 0.2) is 63.9 Å². The van der Waals surface area contributed by atoms with Crippen molar-refractivity contribution in [2.45, 2.75) is 0 Å². The Labute approximate surface area is 127 Å². The fourth-order valence-electron chi connectivity index (χ4n) is 2.53. The van der Waals surface area contributed by atoms with Gasteiger partial charge in [0, 0.05) is 19.9 Å². The predicted molar refractivity (Wildman–Crippen MR) is 90.8 cm³/mol. The highest BCUT2D eigenvalue weighted by molar-refractivity contribution is 9.10. The number of hydrogen-bond donors (Lipinski definition) is 0. The fourth-order valence-corrected chi connectivity index (χ4v) is 4.24. The van der Waals surface area contributed by atoms with Crippen LogP contribution in [0, 0.1) is 0 Å². The molecule has 20 heavy (non-hydrogen) atoms. The Morgan fingerprint density at radius 3 is 2.40 bits per heavy atom. The molecular formula is C17H9BrOS. The average molecular weight is 341 g/mol. The van der Waals surface area contributed by atoms with Gasteiger partial charge in [-0.1, -0.05) is 30.3 Å². The average Bonchev–Trinajstić information content (AvgIpc) is 2.47. The molecule has 0 saturated carbocycles. The lowest BCUT2D eigenvalue weighted by Gasteiger charge is -2.04. The summed E-state index contributed by atoms with van der Waals surface area (Å²) in [5.41, 5.74) is 0.112. The van der Waals surface area contributed by atoms with Crippen molar-refractivity contribution in [2.24, 2.45) is 0 Å². The van der Waals surface area contributed by atoms with Crippen LogP contribution in [0.3, 0.4) is 0 Å². The molecule has 1 heterocycles. The number of hydrogen-bond acceptors (Lipinski definition) is 2. The molecule has 0 saturated heterocycles. The van der Waals surface area contributed by atoms with E-state index in [9.17, 15) is 4.79 Å². The van der Waals surface area contributed by atoms with E-state index in [1.165, 1.54) is 5.39 Å². The second-order valence-corrected chi connectivity index (χ2v) is 6.65. The Morgan fingerprint density at radius 1 is 0.850 bits per heavy atom. The summed E-state index contributed by atoms with van der Waals surface area (Å²) in [6, 6.07) is 18.0. The van der Waals surface area contributed by atoms with Crippen LogP contribution in [0.2, 0.25) is 0 Å². The molecule has 0 aliphatic heterocycles. The van der Waals surface area contributed by atoms with Crippen molar-refractivity contribution in [3.05, 3.63) is 69.3 Å². The first kappa shape index (κ1) is 12.1. The minimum Gasteiger partial charge on any atom is -0.289 e. The predicted octanol–water partition coefficient (Wildman–Crippen LogP) is 5.33. The topological polar surface area (TPSA) is 17.1 Å². The van der Waals surface area contributed by atoms with Crippen molar-refractivity contribution in [2.75, 3.05) is 0 Å². The van der Waals surface area contributed by atoms with Crippen LogP contribution >= 0.6 is 27.3 Å².